The molecule has 1 unspecified atom stereocenters. The average Bonchev–Trinajstić information content (AvgIpc) is 3.17. The molecule has 2 saturated heterocycles. The summed E-state index contributed by atoms with van der Waals surface area (Å²) < 4.78 is 5.52. The van der Waals surface area contributed by atoms with Crippen molar-refractivity contribution in [3.8, 4) is 5.75 Å². The van der Waals surface area contributed by atoms with Crippen molar-refractivity contribution in [1.29, 1.82) is 0 Å². The number of para-hydroxylation sites is 2. The fourth-order valence-electron chi connectivity index (χ4n) is 3.99. The fourth-order valence-corrected chi connectivity index (χ4v) is 3.99. The Morgan fingerprint density at radius 2 is 1.96 bits per heavy atom. The van der Waals surface area contributed by atoms with Crippen molar-refractivity contribution in [3.05, 3.63) is 24.3 Å². The number of hydrogen-bond donors (Lipinski definition) is 2. The number of anilines is 1. The maximum absolute atomic E-state index is 5.52. The monoisotopic (exact) mass is 501 g/mol. The van der Waals surface area contributed by atoms with Crippen LogP contribution in [-0.2, 0) is 0 Å². The Kier molecular flexibility index (Phi) is 10.2. The summed E-state index contributed by atoms with van der Waals surface area (Å²) in [5.74, 6) is 1.89. The smallest absolute Gasteiger partial charge is 0.191 e. The van der Waals surface area contributed by atoms with Crippen LogP contribution in [0.5, 0.6) is 5.75 Å². The van der Waals surface area contributed by atoms with Gasteiger partial charge in [0.2, 0.25) is 0 Å². The minimum atomic E-state index is 0. The highest BCUT2D eigenvalue weighted by Gasteiger charge is 2.25. The van der Waals surface area contributed by atoms with E-state index < -0.39 is 0 Å². The number of benzene rings is 1. The highest BCUT2D eigenvalue weighted by Crippen LogP contribution is 2.30. The molecule has 2 fully saturated rings. The zero-order chi connectivity index (χ0) is 18.9. The molecule has 1 aromatic rings. The molecule has 3 rings (SSSR count). The molecular weight excluding hydrogens is 465 g/mol. The second-order valence-corrected chi connectivity index (χ2v) is 7.41. The Labute approximate surface area is 187 Å². The highest BCUT2D eigenvalue weighted by molar-refractivity contribution is 14.0. The van der Waals surface area contributed by atoms with Gasteiger partial charge in [-0.25, -0.2) is 0 Å². The summed E-state index contributed by atoms with van der Waals surface area (Å²) in [4.78, 5) is 9.75. The second-order valence-electron chi connectivity index (χ2n) is 7.41. The molecular formula is C21H36IN5O. The molecule has 1 aromatic carbocycles. The number of piperidine rings is 1. The predicted octanol–water partition coefficient (Wildman–Crippen LogP) is 2.93. The van der Waals surface area contributed by atoms with Gasteiger partial charge < -0.3 is 25.2 Å². The molecule has 0 aromatic heterocycles. The Morgan fingerprint density at radius 1 is 1.18 bits per heavy atom. The zero-order valence-electron chi connectivity index (χ0n) is 17.3. The number of aliphatic imine (C=N–C) groups is 1. The largest absolute Gasteiger partial charge is 0.495 e. The predicted molar refractivity (Wildman–Crippen MR) is 128 cm³/mol. The first-order valence-electron chi connectivity index (χ1n) is 10.5. The van der Waals surface area contributed by atoms with Gasteiger partial charge in [-0.1, -0.05) is 18.6 Å². The van der Waals surface area contributed by atoms with Gasteiger partial charge in [-0.05, 0) is 51.4 Å². The lowest BCUT2D eigenvalue weighted by Crippen LogP contribution is -2.45. The quantitative estimate of drug-likeness (QED) is 0.342. The molecule has 0 bridgehead atoms. The van der Waals surface area contributed by atoms with E-state index in [0.29, 0.717) is 6.04 Å². The van der Waals surface area contributed by atoms with Gasteiger partial charge >= 0.3 is 0 Å². The van der Waals surface area contributed by atoms with Crippen LogP contribution in [0.15, 0.2) is 29.3 Å². The van der Waals surface area contributed by atoms with Gasteiger partial charge in [0.05, 0.1) is 19.3 Å². The van der Waals surface area contributed by atoms with Crippen molar-refractivity contribution in [1.82, 2.24) is 15.5 Å². The molecule has 2 aliphatic rings. The van der Waals surface area contributed by atoms with E-state index in [2.05, 4.69) is 39.5 Å². The molecule has 2 aliphatic heterocycles. The first-order valence-corrected chi connectivity index (χ1v) is 10.5. The van der Waals surface area contributed by atoms with Crippen LogP contribution in [0.2, 0.25) is 0 Å². The summed E-state index contributed by atoms with van der Waals surface area (Å²) in [5, 5.41) is 7.03. The molecule has 0 aliphatic carbocycles. The lowest BCUT2D eigenvalue weighted by Gasteiger charge is -2.26. The van der Waals surface area contributed by atoms with E-state index >= 15 is 0 Å². The van der Waals surface area contributed by atoms with Crippen LogP contribution < -0.4 is 20.3 Å². The van der Waals surface area contributed by atoms with Crippen LogP contribution in [0.4, 0.5) is 5.69 Å². The Morgan fingerprint density at radius 3 is 2.71 bits per heavy atom. The van der Waals surface area contributed by atoms with Crippen molar-refractivity contribution < 1.29 is 4.74 Å². The van der Waals surface area contributed by atoms with E-state index in [-0.39, 0.29) is 24.0 Å². The third-order valence-corrected chi connectivity index (χ3v) is 5.43. The van der Waals surface area contributed by atoms with Gasteiger partial charge in [-0.15, -0.1) is 24.0 Å². The minimum absolute atomic E-state index is 0. The number of rotatable bonds is 7. The van der Waals surface area contributed by atoms with Crippen LogP contribution in [0.3, 0.4) is 0 Å². The van der Waals surface area contributed by atoms with E-state index in [0.717, 1.165) is 50.9 Å². The molecule has 0 amide bonds. The van der Waals surface area contributed by atoms with Crippen LogP contribution in [0, 0.1) is 0 Å². The van der Waals surface area contributed by atoms with E-state index in [1.54, 1.807) is 7.11 Å². The molecule has 28 heavy (non-hydrogen) atoms. The summed E-state index contributed by atoms with van der Waals surface area (Å²) in [5.41, 5.74) is 1.18. The molecule has 7 heteroatoms. The van der Waals surface area contributed by atoms with Gasteiger partial charge in [0.15, 0.2) is 5.96 Å². The summed E-state index contributed by atoms with van der Waals surface area (Å²) in [6.07, 6.45) is 5.16. The van der Waals surface area contributed by atoms with E-state index in [1.165, 1.54) is 38.0 Å². The first-order chi connectivity index (χ1) is 13.3. The SMILES string of the molecule is CCNC(=NCCN1CCCCC1)NC1CCN(c2ccccc2OC)C1.I. The first kappa shape index (κ1) is 23.1. The van der Waals surface area contributed by atoms with Gasteiger partial charge in [-0.3, -0.25) is 4.99 Å². The van der Waals surface area contributed by atoms with Crippen molar-refractivity contribution in [3.63, 3.8) is 0 Å². The number of nitrogens with zero attached hydrogens (tertiary/aromatic N) is 3. The zero-order valence-corrected chi connectivity index (χ0v) is 19.7. The molecule has 0 saturated carbocycles. The lowest BCUT2D eigenvalue weighted by atomic mass is 10.1. The maximum atomic E-state index is 5.52. The molecule has 1 atom stereocenters. The number of ether oxygens (including phenoxy) is 1. The van der Waals surface area contributed by atoms with E-state index in [4.69, 9.17) is 9.73 Å². The lowest BCUT2D eigenvalue weighted by molar-refractivity contribution is 0.235. The van der Waals surface area contributed by atoms with Crippen LogP contribution >= 0.6 is 24.0 Å². The number of halogens is 1. The van der Waals surface area contributed by atoms with Gasteiger partial charge in [0.1, 0.15) is 5.75 Å². The summed E-state index contributed by atoms with van der Waals surface area (Å²) in [6.45, 7) is 9.40. The van der Waals surface area contributed by atoms with Gasteiger partial charge in [0, 0.05) is 32.2 Å². The van der Waals surface area contributed by atoms with Crippen molar-refractivity contribution in [2.45, 2.75) is 38.6 Å². The normalized spacial score (nSPS) is 20.6. The molecule has 6 nitrogen and oxygen atoms in total. The standard InChI is InChI=1S/C21H35N5O.HI/c1-3-22-21(23-12-16-25-13-7-4-8-14-25)24-18-11-15-26(17-18)19-9-5-6-10-20(19)27-2;/h5-6,9-10,18H,3-4,7-8,11-17H2,1-2H3,(H2,22,23,24);1H. The number of guanidine groups is 1. The maximum Gasteiger partial charge on any atom is 0.191 e. The molecule has 2 N–H and O–H groups in total. The number of methoxy groups -OCH3 is 1. The average molecular weight is 501 g/mol. The molecule has 2 heterocycles. The second kappa shape index (κ2) is 12.4. The van der Waals surface area contributed by atoms with Crippen molar-refractivity contribution >= 4 is 35.6 Å². The van der Waals surface area contributed by atoms with E-state index in [1.807, 2.05) is 12.1 Å². The van der Waals surface area contributed by atoms with Crippen LogP contribution in [0.25, 0.3) is 0 Å². The Balaban J connectivity index is 0.00000280. The molecule has 0 spiro atoms. The summed E-state index contributed by atoms with van der Waals surface area (Å²) in [6, 6.07) is 8.67. The molecule has 0 radical (unpaired) electrons. The van der Waals surface area contributed by atoms with Crippen LogP contribution in [0.1, 0.15) is 32.6 Å². The summed E-state index contributed by atoms with van der Waals surface area (Å²) in [7, 11) is 1.74. The van der Waals surface area contributed by atoms with Gasteiger partial charge in [0.25, 0.3) is 0 Å². The third-order valence-electron chi connectivity index (χ3n) is 5.43. The van der Waals surface area contributed by atoms with Gasteiger partial charge in [-0.2, -0.15) is 0 Å². The van der Waals surface area contributed by atoms with Crippen molar-refractivity contribution in [2.75, 3.05) is 57.8 Å². The molecule has 158 valence electrons. The topological polar surface area (TPSA) is 52.1 Å². The highest BCUT2D eigenvalue weighted by atomic mass is 127. The third kappa shape index (κ3) is 6.69. The van der Waals surface area contributed by atoms with Crippen molar-refractivity contribution in [2.24, 2.45) is 4.99 Å². The Hall–Kier alpha value is -1.22. The fraction of sp³-hybridized carbons (Fsp3) is 0.667. The summed E-state index contributed by atoms with van der Waals surface area (Å²) >= 11 is 0. The number of hydrogen-bond acceptors (Lipinski definition) is 4. The van der Waals surface area contributed by atoms with Crippen LogP contribution in [-0.4, -0.2) is 69.8 Å². The number of nitrogens with one attached hydrogen (secondary N) is 2. The number of likely N-dealkylation sites (tertiary alicyclic amines) is 1. The van der Waals surface area contributed by atoms with E-state index in [9.17, 15) is 0 Å². The minimum Gasteiger partial charge on any atom is -0.495 e. The Bertz CT molecular complexity index is 606.